The Hall–Kier alpha value is -1.09. The molecule has 0 saturated heterocycles. The van der Waals surface area contributed by atoms with E-state index in [1.54, 1.807) is 0 Å². The molecule has 0 amide bonds. The molecular weight excluding hydrogens is 266 g/mol. The number of hydrogen-bond acceptors (Lipinski definition) is 1. The van der Waals surface area contributed by atoms with Gasteiger partial charge in [-0.2, -0.15) is 0 Å². The number of para-hydroxylation sites is 1. The Morgan fingerprint density at radius 1 is 1.19 bits per heavy atom. The number of aromatic nitrogens is 1. The molecule has 0 saturated carbocycles. The number of pyridine rings is 1. The van der Waals surface area contributed by atoms with Gasteiger partial charge in [0.25, 0.3) is 5.56 Å². The first-order valence-electron chi connectivity index (χ1n) is 5.48. The third-order valence-electron chi connectivity index (χ3n) is 2.66. The van der Waals surface area contributed by atoms with E-state index in [0.717, 1.165) is 41.1 Å². The van der Waals surface area contributed by atoms with E-state index in [1.807, 2.05) is 30.3 Å². The van der Waals surface area contributed by atoms with E-state index in [0.29, 0.717) is 0 Å². The highest BCUT2D eigenvalue weighted by Crippen LogP contribution is 2.11. The fourth-order valence-electron chi connectivity index (χ4n) is 1.79. The van der Waals surface area contributed by atoms with E-state index in [4.69, 9.17) is 0 Å². The molecule has 3 heteroatoms. The van der Waals surface area contributed by atoms with E-state index in [1.165, 1.54) is 0 Å². The van der Waals surface area contributed by atoms with Crippen molar-refractivity contribution in [3.63, 3.8) is 0 Å². The molecule has 2 nitrogen and oxygen atoms in total. The van der Waals surface area contributed by atoms with Crippen molar-refractivity contribution >= 4 is 26.8 Å². The van der Waals surface area contributed by atoms with Gasteiger partial charge < -0.3 is 4.98 Å². The van der Waals surface area contributed by atoms with Crippen LogP contribution < -0.4 is 5.56 Å². The third kappa shape index (κ3) is 2.53. The van der Waals surface area contributed by atoms with Gasteiger partial charge in [-0.15, -0.1) is 0 Å². The molecule has 0 aliphatic carbocycles. The monoisotopic (exact) mass is 279 g/mol. The minimum Gasteiger partial charge on any atom is -0.322 e. The zero-order valence-electron chi connectivity index (χ0n) is 9.00. The first-order chi connectivity index (χ1) is 7.81. The fourth-order valence-corrected chi connectivity index (χ4v) is 2.18. The van der Waals surface area contributed by atoms with Crippen molar-refractivity contribution in [1.82, 2.24) is 4.98 Å². The van der Waals surface area contributed by atoms with Gasteiger partial charge in [0.2, 0.25) is 0 Å². The summed E-state index contributed by atoms with van der Waals surface area (Å²) < 4.78 is 0. The van der Waals surface area contributed by atoms with Crippen LogP contribution in [0, 0.1) is 0 Å². The van der Waals surface area contributed by atoms with Gasteiger partial charge in [-0.3, -0.25) is 4.79 Å². The van der Waals surface area contributed by atoms with Crippen molar-refractivity contribution < 1.29 is 0 Å². The summed E-state index contributed by atoms with van der Waals surface area (Å²) in [6.07, 6.45) is 3.00. The van der Waals surface area contributed by atoms with Crippen molar-refractivity contribution in [1.29, 1.82) is 0 Å². The van der Waals surface area contributed by atoms with Gasteiger partial charge >= 0.3 is 0 Å². The van der Waals surface area contributed by atoms with Crippen LogP contribution in [0.4, 0.5) is 0 Å². The van der Waals surface area contributed by atoms with Crippen molar-refractivity contribution in [2.45, 2.75) is 19.3 Å². The summed E-state index contributed by atoms with van der Waals surface area (Å²) in [4.78, 5) is 14.7. The Morgan fingerprint density at radius 2 is 2.00 bits per heavy atom. The summed E-state index contributed by atoms with van der Waals surface area (Å²) in [5.41, 5.74) is 1.85. The van der Waals surface area contributed by atoms with Crippen LogP contribution in [0.5, 0.6) is 0 Å². The Morgan fingerprint density at radius 3 is 2.81 bits per heavy atom. The summed E-state index contributed by atoms with van der Waals surface area (Å²) in [7, 11) is 0. The molecule has 0 bridgehead atoms. The molecule has 0 aliphatic rings. The number of unbranched alkanes of at least 4 members (excludes halogenated alkanes) is 1. The number of H-pyrrole nitrogens is 1. The molecule has 2 aromatic rings. The Balaban J connectivity index is 2.31. The van der Waals surface area contributed by atoms with Gasteiger partial charge in [-0.25, -0.2) is 0 Å². The second-order valence-corrected chi connectivity index (χ2v) is 4.65. The van der Waals surface area contributed by atoms with Gasteiger partial charge in [-0.05, 0) is 36.8 Å². The maximum Gasteiger partial charge on any atom is 0.251 e. The maximum atomic E-state index is 11.8. The standard InChI is InChI=1S/C13H14BrNO/c14-8-4-3-6-11-9-10-5-1-2-7-12(10)15-13(11)16/h1-2,5,7,9H,3-4,6,8H2,(H,15,16). The highest BCUT2D eigenvalue weighted by Gasteiger charge is 2.01. The lowest BCUT2D eigenvalue weighted by atomic mass is 10.1. The van der Waals surface area contributed by atoms with E-state index in [2.05, 4.69) is 20.9 Å². The van der Waals surface area contributed by atoms with Crippen molar-refractivity contribution in [2.24, 2.45) is 0 Å². The average molecular weight is 280 g/mol. The highest BCUT2D eigenvalue weighted by molar-refractivity contribution is 9.09. The van der Waals surface area contributed by atoms with E-state index < -0.39 is 0 Å². The van der Waals surface area contributed by atoms with Crippen LogP contribution in [-0.4, -0.2) is 10.3 Å². The second-order valence-electron chi connectivity index (χ2n) is 3.86. The maximum absolute atomic E-state index is 11.8. The molecule has 0 fully saturated rings. The van der Waals surface area contributed by atoms with E-state index in [9.17, 15) is 4.79 Å². The van der Waals surface area contributed by atoms with Gasteiger partial charge in [0.1, 0.15) is 0 Å². The van der Waals surface area contributed by atoms with Crippen LogP contribution in [0.15, 0.2) is 35.1 Å². The van der Waals surface area contributed by atoms with Crippen LogP contribution in [-0.2, 0) is 6.42 Å². The molecule has 1 heterocycles. The minimum absolute atomic E-state index is 0.0493. The lowest BCUT2D eigenvalue weighted by Crippen LogP contribution is -2.12. The predicted molar refractivity (Wildman–Crippen MR) is 71.3 cm³/mol. The number of alkyl halides is 1. The molecule has 0 aliphatic heterocycles. The zero-order chi connectivity index (χ0) is 11.4. The van der Waals surface area contributed by atoms with E-state index in [-0.39, 0.29) is 5.56 Å². The smallest absolute Gasteiger partial charge is 0.251 e. The summed E-state index contributed by atoms with van der Waals surface area (Å²) in [5, 5.41) is 2.11. The first kappa shape index (κ1) is 11.4. The summed E-state index contributed by atoms with van der Waals surface area (Å²) in [5.74, 6) is 0. The van der Waals surface area contributed by atoms with Crippen LogP contribution in [0.25, 0.3) is 10.9 Å². The first-order valence-corrected chi connectivity index (χ1v) is 6.60. The van der Waals surface area contributed by atoms with Crippen molar-refractivity contribution in [3.05, 3.63) is 46.2 Å². The van der Waals surface area contributed by atoms with Crippen molar-refractivity contribution in [3.8, 4) is 0 Å². The summed E-state index contributed by atoms with van der Waals surface area (Å²) in [6, 6.07) is 9.88. The highest BCUT2D eigenvalue weighted by atomic mass is 79.9. The van der Waals surface area contributed by atoms with Crippen LogP contribution >= 0.6 is 15.9 Å². The second kappa shape index (κ2) is 5.30. The Kier molecular flexibility index (Phi) is 3.78. The molecular formula is C13H14BrNO. The minimum atomic E-state index is 0.0493. The lowest BCUT2D eigenvalue weighted by Gasteiger charge is -2.02. The predicted octanol–water partition coefficient (Wildman–Crippen LogP) is 3.25. The van der Waals surface area contributed by atoms with Crippen LogP contribution in [0.1, 0.15) is 18.4 Å². The largest absolute Gasteiger partial charge is 0.322 e. The molecule has 84 valence electrons. The average Bonchev–Trinajstić information content (AvgIpc) is 2.30. The molecule has 2 rings (SSSR count). The Bertz CT molecular complexity index is 533. The van der Waals surface area contributed by atoms with Gasteiger partial charge in [0.15, 0.2) is 0 Å². The zero-order valence-corrected chi connectivity index (χ0v) is 10.6. The normalized spacial score (nSPS) is 10.8. The van der Waals surface area contributed by atoms with E-state index >= 15 is 0 Å². The number of halogens is 1. The fraction of sp³-hybridized carbons (Fsp3) is 0.308. The molecule has 1 N–H and O–H groups in total. The van der Waals surface area contributed by atoms with Gasteiger partial charge in [0, 0.05) is 16.4 Å². The Labute approximate surface area is 103 Å². The molecule has 0 atom stereocenters. The lowest BCUT2D eigenvalue weighted by molar-refractivity contribution is 0.798. The number of aromatic amines is 1. The van der Waals surface area contributed by atoms with Crippen LogP contribution in [0.3, 0.4) is 0 Å². The molecule has 0 unspecified atom stereocenters. The van der Waals surface area contributed by atoms with Crippen molar-refractivity contribution in [2.75, 3.05) is 5.33 Å². The van der Waals surface area contributed by atoms with Crippen LogP contribution in [0.2, 0.25) is 0 Å². The summed E-state index contributed by atoms with van der Waals surface area (Å²) in [6.45, 7) is 0. The number of nitrogens with one attached hydrogen (secondary N) is 1. The number of aryl methyl sites for hydroxylation is 1. The van der Waals surface area contributed by atoms with Gasteiger partial charge in [-0.1, -0.05) is 34.1 Å². The molecule has 16 heavy (non-hydrogen) atoms. The quantitative estimate of drug-likeness (QED) is 0.676. The molecule has 0 radical (unpaired) electrons. The molecule has 1 aromatic heterocycles. The molecule has 0 spiro atoms. The summed E-state index contributed by atoms with van der Waals surface area (Å²) >= 11 is 3.40. The topological polar surface area (TPSA) is 32.9 Å². The number of hydrogen-bond donors (Lipinski definition) is 1. The van der Waals surface area contributed by atoms with Gasteiger partial charge in [0.05, 0.1) is 0 Å². The molecule has 1 aromatic carbocycles. The third-order valence-corrected chi connectivity index (χ3v) is 3.22. The SMILES string of the molecule is O=c1[nH]c2ccccc2cc1CCCCBr. The number of fused-ring (bicyclic) bond motifs is 1. The number of benzene rings is 1. The number of rotatable bonds is 4.